The second kappa shape index (κ2) is 9.29. The number of amides is 1. The molecule has 29 heavy (non-hydrogen) atoms. The molecule has 1 saturated carbocycles. The summed E-state index contributed by atoms with van der Waals surface area (Å²) in [4.78, 5) is 34.8. The third-order valence-electron chi connectivity index (χ3n) is 5.22. The Kier molecular flexibility index (Phi) is 6.99. The third kappa shape index (κ3) is 5.39. The maximum absolute atomic E-state index is 13.0. The van der Waals surface area contributed by atoms with Crippen molar-refractivity contribution in [1.29, 1.82) is 0 Å². The molecule has 1 amide bonds. The summed E-state index contributed by atoms with van der Waals surface area (Å²) in [7, 11) is -3.08. The first-order chi connectivity index (χ1) is 13.8. The number of hydrogen-bond donors (Lipinski definition) is 1. The van der Waals surface area contributed by atoms with Crippen molar-refractivity contribution in [2.45, 2.75) is 56.3 Å². The summed E-state index contributed by atoms with van der Waals surface area (Å²) in [5, 5.41) is 0.286. The molecule has 0 radical (unpaired) electrons. The molecule has 0 aromatic carbocycles. The maximum atomic E-state index is 13.0. The van der Waals surface area contributed by atoms with Gasteiger partial charge in [0.15, 0.2) is 15.0 Å². The van der Waals surface area contributed by atoms with E-state index in [1.807, 2.05) is 0 Å². The van der Waals surface area contributed by atoms with Gasteiger partial charge in [0.2, 0.25) is 5.91 Å². The van der Waals surface area contributed by atoms with Crippen LogP contribution in [0.5, 0.6) is 0 Å². The molecule has 1 aromatic rings. The van der Waals surface area contributed by atoms with Crippen LogP contribution in [0.15, 0.2) is 11.4 Å². The lowest BCUT2D eigenvalue weighted by atomic mass is 10.1. The minimum absolute atomic E-state index is 0.00272. The van der Waals surface area contributed by atoms with E-state index in [0.29, 0.717) is 6.42 Å². The number of carbonyl (C=O) groups excluding carboxylic acids is 2. The summed E-state index contributed by atoms with van der Waals surface area (Å²) >= 11 is 1.13. The molecule has 1 atom stereocenters. The van der Waals surface area contributed by atoms with E-state index in [4.69, 9.17) is 10.5 Å². The highest BCUT2D eigenvalue weighted by Gasteiger charge is 2.38. The Morgan fingerprint density at radius 2 is 2.00 bits per heavy atom. The van der Waals surface area contributed by atoms with Crippen LogP contribution in [0, 0.1) is 0 Å². The van der Waals surface area contributed by atoms with Gasteiger partial charge in [-0.15, -0.1) is 0 Å². The molecule has 2 N–H and O–H groups in total. The number of nitrogen functional groups attached to an aromatic ring is 1. The van der Waals surface area contributed by atoms with Crippen molar-refractivity contribution >= 4 is 39.3 Å². The quantitative estimate of drug-likeness (QED) is 0.377. The van der Waals surface area contributed by atoms with Gasteiger partial charge in [-0.1, -0.05) is 24.6 Å². The van der Waals surface area contributed by atoms with Gasteiger partial charge in [0.1, 0.15) is 11.4 Å². The van der Waals surface area contributed by atoms with Crippen molar-refractivity contribution in [3.8, 4) is 0 Å². The van der Waals surface area contributed by atoms with Gasteiger partial charge in [0, 0.05) is 18.3 Å². The van der Waals surface area contributed by atoms with Crippen LogP contribution in [-0.4, -0.2) is 71.1 Å². The van der Waals surface area contributed by atoms with Crippen LogP contribution >= 0.6 is 11.8 Å². The van der Waals surface area contributed by atoms with Gasteiger partial charge in [0.25, 0.3) is 0 Å². The molecule has 2 heterocycles. The van der Waals surface area contributed by atoms with Crippen LogP contribution in [-0.2, 0) is 19.4 Å². The molecule has 2 fully saturated rings. The van der Waals surface area contributed by atoms with Crippen LogP contribution in [0.2, 0.25) is 0 Å². The van der Waals surface area contributed by atoms with Crippen LogP contribution in [0.1, 0.15) is 49.4 Å². The number of rotatable bonds is 7. The molecule has 160 valence electrons. The van der Waals surface area contributed by atoms with Crippen molar-refractivity contribution in [1.82, 2.24) is 14.9 Å². The average Bonchev–Trinajstić information content (AvgIpc) is 3.30. The van der Waals surface area contributed by atoms with Gasteiger partial charge in [0.05, 0.1) is 23.9 Å². The monoisotopic (exact) mass is 442 g/mol. The largest absolute Gasteiger partial charge is 0.462 e. The zero-order chi connectivity index (χ0) is 21.0. The van der Waals surface area contributed by atoms with E-state index in [2.05, 4.69) is 9.97 Å². The highest BCUT2D eigenvalue weighted by atomic mass is 32.2. The highest BCUT2D eigenvalue weighted by Crippen LogP contribution is 2.30. The molecule has 0 bridgehead atoms. The molecule has 11 heteroatoms. The van der Waals surface area contributed by atoms with E-state index in [9.17, 15) is 18.0 Å². The third-order valence-corrected chi connectivity index (χ3v) is 7.82. The normalized spacial score (nSPS) is 21.2. The molecule has 1 aliphatic heterocycles. The Bertz CT molecular complexity index is 871. The molecule has 1 aromatic heterocycles. The van der Waals surface area contributed by atoms with Crippen molar-refractivity contribution in [3.63, 3.8) is 0 Å². The van der Waals surface area contributed by atoms with Crippen LogP contribution in [0.3, 0.4) is 0 Å². The summed E-state index contributed by atoms with van der Waals surface area (Å²) in [5.74, 6) is -0.435. The minimum Gasteiger partial charge on any atom is -0.462 e. The van der Waals surface area contributed by atoms with Gasteiger partial charge in [-0.05, 0) is 26.2 Å². The molecular weight excluding hydrogens is 416 g/mol. The molecule has 1 aliphatic carbocycles. The summed E-state index contributed by atoms with van der Waals surface area (Å²) in [6.45, 7) is 1.91. The number of nitrogens with zero attached hydrogens (tertiary/aromatic N) is 3. The van der Waals surface area contributed by atoms with Crippen molar-refractivity contribution in [2.75, 3.05) is 29.6 Å². The van der Waals surface area contributed by atoms with E-state index in [-0.39, 0.29) is 58.4 Å². The van der Waals surface area contributed by atoms with Gasteiger partial charge in [-0.2, -0.15) is 0 Å². The molecule has 3 rings (SSSR count). The highest BCUT2D eigenvalue weighted by molar-refractivity contribution is 7.99. The van der Waals surface area contributed by atoms with Crippen molar-refractivity contribution in [3.05, 3.63) is 11.8 Å². The van der Waals surface area contributed by atoms with Crippen LogP contribution < -0.4 is 5.73 Å². The molecule has 0 spiro atoms. The maximum Gasteiger partial charge on any atom is 0.343 e. The molecular formula is C18H26N4O5S2. The van der Waals surface area contributed by atoms with Crippen molar-refractivity contribution in [2.24, 2.45) is 0 Å². The number of hydrogen-bond acceptors (Lipinski definition) is 9. The summed E-state index contributed by atoms with van der Waals surface area (Å²) in [6, 6.07) is -0.160. The summed E-state index contributed by atoms with van der Waals surface area (Å²) < 4.78 is 28.7. The first kappa shape index (κ1) is 21.8. The number of sulfone groups is 1. The van der Waals surface area contributed by atoms with E-state index in [1.165, 1.54) is 6.20 Å². The first-order valence-corrected chi connectivity index (χ1v) is 12.6. The Hall–Kier alpha value is -1.88. The Morgan fingerprint density at radius 1 is 1.28 bits per heavy atom. The average molecular weight is 443 g/mol. The smallest absolute Gasteiger partial charge is 0.343 e. The Balaban J connectivity index is 1.67. The summed E-state index contributed by atoms with van der Waals surface area (Å²) in [5.41, 5.74) is 5.91. The molecule has 2 aliphatic rings. The topological polar surface area (TPSA) is 133 Å². The second-order valence-corrected chi connectivity index (χ2v) is 10.4. The van der Waals surface area contributed by atoms with E-state index in [1.54, 1.807) is 11.8 Å². The van der Waals surface area contributed by atoms with Gasteiger partial charge >= 0.3 is 5.97 Å². The zero-order valence-corrected chi connectivity index (χ0v) is 18.0. The number of aromatic nitrogens is 2. The molecule has 1 saturated heterocycles. The van der Waals surface area contributed by atoms with Gasteiger partial charge in [-0.25, -0.2) is 23.2 Å². The minimum atomic E-state index is -3.08. The Labute approximate surface area is 174 Å². The lowest BCUT2D eigenvalue weighted by Crippen LogP contribution is -2.47. The summed E-state index contributed by atoms with van der Waals surface area (Å²) in [6.07, 6.45) is 5.71. The van der Waals surface area contributed by atoms with Gasteiger partial charge in [-0.3, -0.25) is 4.79 Å². The van der Waals surface area contributed by atoms with Crippen molar-refractivity contribution < 1.29 is 22.7 Å². The number of ether oxygens (including phenoxy) is 1. The predicted octanol–water partition coefficient (Wildman–Crippen LogP) is 1.29. The molecule has 9 nitrogen and oxygen atoms in total. The zero-order valence-electron chi connectivity index (χ0n) is 16.4. The molecule has 1 unspecified atom stereocenters. The fourth-order valence-corrected chi connectivity index (χ4v) is 6.30. The fraction of sp³-hybridized carbons (Fsp3) is 0.667. The van der Waals surface area contributed by atoms with E-state index in [0.717, 1.165) is 37.4 Å². The second-order valence-electron chi connectivity index (χ2n) is 7.26. The number of carbonyl (C=O) groups is 2. The van der Waals surface area contributed by atoms with Crippen LogP contribution in [0.25, 0.3) is 0 Å². The van der Waals surface area contributed by atoms with Crippen LogP contribution in [0.4, 0.5) is 5.82 Å². The SMILES string of the molecule is CCOC(=O)c1cnc(SCC(=O)N(C2CCCC2)C2CCS(=O)(=O)C2)nc1N. The number of anilines is 1. The first-order valence-electron chi connectivity index (χ1n) is 9.74. The lowest BCUT2D eigenvalue weighted by Gasteiger charge is -2.34. The number of nitrogens with two attached hydrogens (primary N) is 1. The predicted molar refractivity (Wildman–Crippen MR) is 109 cm³/mol. The lowest BCUT2D eigenvalue weighted by molar-refractivity contribution is -0.132. The Morgan fingerprint density at radius 3 is 2.59 bits per heavy atom. The fourth-order valence-electron chi connectivity index (χ4n) is 3.90. The van der Waals surface area contributed by atoms with E-state index >= 15 is 0 Å². The standard InChI is InChI=1S/C18H26N4O5S2/c1-2-27-17(24)14-9-20-18(21-16(14)19)28-10-15(23)22(12-5-3-4-6-12)13-7-8-29(25,26)11-13/h9,12-13H,2-8,10-11H2,1H3,(H2,19,20,21). The van der Waals surface area contributed by atoms with Gasteiger partial charge < -0.3 is 15.4 Å². The number of thioether (sulfide) groups is 1. The van der Waals surface area contributed by atoms with E-state index < -0.39 is 15.8 Å². The number of esters is 1.